The molecule has 0 aromatic rings. The lowest BCUT2D eigenvalue weighted by atomic mass is 10.0. The fraction of sp³-hybridized carbons (Fsp3) is 0.286. The first-order chi connectivity index (χ1) is 7.32. The molecule has 0 spiro atoms. The SMILES string of the molecule is C=CC(=C)S/C(=C/C=C\C)C(=C)C(C)(C)F. The van der Waals surface area contributed by atoms with Crippen LogP contribution in [0.25, 0.3) is 0 Å². The summed E-state index contributed by atoms with van der Waals surface area (Å²) in [4.78, 5) is 1.55. The average molecular weight is 238 g/mol. The van der Waals surface area contributed by atoms with Gasteiger partial charge in [-0.2, -0.15) is 0 Å². The van der Waals surface area contributed by atoms with Gasteiger partial charge in [0.2, 0.25) is 0 Å². The minimum Gasteiger partial charge on any atom is -0.239 e. The molecule has 0 aliphatic carbocycles. The smallest absolute Gasteiger partial charge is 0.131 e. The van der Waals surface area contributed by atoms with Crippen LogP contribution < -0.4 is 0 Å². The Bertz CT molecular complexity index is 340. The molecule has 2 heteroatoms. The van der Waals surface area contributed by atoms with Gasteiger partial charge in [0, 0.05) is 9.81 Å². The zero-order chi connectivity index (χ0) is 12.8. The summed E-state index contributed by atoms with van der Waals surface area (Å²) in [5, 5.41) is 0. The molecule has 0 saturated heterocycles. The van der Waals surface area contributed by atoms with Crippen LogP contribution in [0, 0.1) is 0 Å². The van der Waals surface area contributed by atoms with Crippen molar-refractivity contribution in [2.45, 2.75) is 26.4 Å². The zero-order valence-electron chi connectivity index (χ0n) is 10.2. The Hall–Kier alpha value is -1.02. The minimum atomic E-state index is -1.43. The first-order valence-corrected chi connectivity index (χ1v) is 5.85. The van der Waals surface area contributed by atoms with Crippen molar-refractivity contribution in [3.63, 3.8) is 0 Å². The van der Waals surface area contributed by atoms with Gasteiger partial charge in [-0.25, -0.2) is 4.39 Å². The van der Waals surface area contributed by atoms with Gasteiger partial charge in [-0.15, -0.1) is 0 Å². The van der Waals surface area contributed by atoms with E-state index in [1.54, 1.807) is 6.08 Å². The van der Waals surface area contributed by atoms with Crippen molar-refractivity contribution in [1.82, 2.24) is 0 Å². The molecule has 0 amide bonds. The van der Waals surface area contributed by atoms with Crippen molar-refractivity contribution in [2.75, 3.05) is 0 Å². The summed E-state index contributed by atoms with van der Waals surface area (Å²) in [7, 11) is 0. The highest BCUT2D eigenvalue weighted by molar-refractivity contribution is 8.07. The van der Waals surface area contributed by atoms with E-state index in [9.17, 15) is 4.39 Å². The molecular weight excluding hydrogens is 219 g/mol. The molecular formula is C14H19FS. The number of halogens is 1. The van der Waals surface area contributed by atoms with Gasteiger partial charge >= 0.3 is 0 Å². The number of hydrogen-bond acceptors (Lipinski definition) is 1. The number of hydrogen-bond donors (Lipinski definition) is 0. The molecule has 0 atom stereocenters. The van der Waals surface area contributed by atoms with Gasteiger partial charge in [0.1, 0.15) is 5.67 Å². The molecule has 0 aliphatic heterocycles. The molecule has 0 heterocycles. The summed E-state index contributed by atoms with van der Waals surface area (Å²) in [5.74, 6) is 0. The van der Waals surface area contributed by atoms with Crippen LogP contribution in [-0.4, -0.2) is 5.67 Å². The van der Waals surface area contributed by atoms with E-state index in [1.807, 2.05) is 25.2 Å². The largest absolute Gasteiger partial charge is 0.239 e. The Morgan fingerprint density at radius 1 is 1.31 bits per heavy atom. The highest BCUT2D eigenvalue weighted by atomic mass is 32.2. The quantitative estimate of drug-likeness (QED) is 0.574. The van der Waals surface area contributed by atoms with Crippen molar-refractivity contribution in [2.24, 2.45) is 0 Å². The van der Waals surface area contributed by atoms with Crippen LogP contribution >= 0.6 is 11.8 Å². The molecule has 0 nitrogen and oxygen atoms in total. The maximum atomic E-state index is 13.8. The Balaban J connectivity index is 5.03. The topological polar surface area (TPSA) is 0 Å². The predicted molar refractivity (Wildman–Crippen MR) is 74.2 cm³/mol. The molecule has 0 unspecified atom stereocenters. The van der Waals surface area contributed by atoms with Gasteiger partial charge in [-0.05, 0) is 32.4 Å². The lowest BCUT2D eigenvalue weighted by molar-refractivity contribution is 0.274. The summed E-state index contributed by atoms with van der Waals surface area (Å²) in [6.07, 6.45) is 7.22. The Morgan fingerprint density at radius 2 is 1.88 bits per heavy atom. The van der Waals surface area contributed by atoms with Crippen LogP contribution in [0.5, 0.6) is 0 Å². The summed E-state index contributed by atoms with van der Waals surface area (Å²) >= 11 is 1.38. The van der Waals surface area contributed by atoms with Crippen LogP contribution in [-0.2, 0) is 0 Å². The van der Waals surface area contributed by atoms with E-state index >= 15 is 0 Å². The van der Waals surface area contributed by atoms with Crippen molar-refractivity contribution < 1.29 is 4.39 Å². The Labute approximate surface area is 102 Å². The molecule has 0 N–H and O–H groups in total. The number of alkyl halides is 1. The third-order valence-corrected chi connectivity index (χ3v) is 2.96. The monoisotopic (exact) mass is 238 g/mol. The van der Waals surface area contributed by atoms with Gasteiger partial charge in [0.25, 0.3) is 0 Å². The molecule has 88 valence electrons. The van der Waals surface area contributed by atoms with Crippen molar-refractivity contribution in [1.29, 1.82) is 0 Å². The second kappa shape index (κ2) is 6.54. The second-order valence-electron chi connectivity index (χ2n) is 3.78. The maximum Gasteiger partial charge on any atom is 0.131 e. The van der Waals surface area contributed by atoms with Crippen molar-refractivity contribution in [3.8, 4) is 0 Å². The molecule has 0 rings (SSSR count). The summed E-state index contributed by atoms with van der Waals surface area (Å²) in [5.41, 5.74) is -0.972. The van der Waals surface area contributed by atoms with E-state index in [-0.39, 0.29) is 0 Å². The number of rotatable bonds is 6. The second-order valence-corrected chi connectivity index (χ2v) is 4.95. The zero-order valence-corrected chi connectivity index (χ0v) is 11.0. The summed E-state index contributed by atoms with van der Waals surface area (Å²) in [6, 6.07) is 0. The molecule has 16 heavy (non-hydrogen) atoms. The summed E-state index contributed by atoms with van der Waals surface area (Å²) < 4.78 is 13.8. The third kappa shape index (κ3) is 5.17. The van der Waals surface area contributed by atoms with E-state index in [0.29, 0.717) is 5.57 Å². The fourth-order valence-electron chi connectivity index (χ4n) is 0.856. The molecule has 0 saturated carbocycles. The van der Waals surface area contributed by atoms with Crippen LogP contribution in [0.2, 0.25) is 0 Å². The van der Waals surface area contributed by atoms with Gasteiger partial charge in [0.05, 0.1) is 0 Å². The van der Waals surface area contributed by atoms with Gasteiger partial charge in [-0.1, -0.05) is 49.7 Å². The molecule has 0 aliphatic rings. The van der Waals surface area contributed by atoms with Crippen molar-refractivity contribution >= 4 is 11.8 Å². The molecule has 0 fully saturated rings. The van der Waals surface area contributed by atoms with E-state index in [1.165, 1.54) is 25.6 Å². The number of allylic oxidation sites excluding steroid dienone is 5. The lowest BCUT2D eigenvalue weighted by Crippen LogP contribution is -2.15. The average Bonchev–Trinajstić information content (AvgIpc) is 2.21. The standard InChI is InChI=1S/C14H19FS/c1-7-9-10-13(16-11(3)8-2)12(4)14(5,6)15/h7-10H,2-4H2,1,5-6H3/b9-7-,13-10+. The minimum absolute atomic E-state index is 0.457. The highest BCUT2D eigenvalue weighted by Gasteiger charge is 2.23. The maximum absolute atomic E-state index is 13.8. The first-order valence-electron chi connectivity index (χ1n) is 5.03. The summed E-state index contributed by atoms with van der Waals surface area (Å²) in [6.45, 7) is 16.1. The molecule has 0 aromatic carbocycles. The van der Waals surface area contributed by atoms with E-state index in [2.05, 4.69) is 19.7 Å². The molecule has 0 bridgehead atoms. The number of thioether (sulfide) groups is 1. The Kier molecular flexibility index (Phi) is 6.12. The van der Waals surface area contributed by atoms with Crippen LogP contribution in [0.15, 0.2) is 59.4 Å². The predicted octanol–water partition coefficient (Wildman–Crippen LogP) is 5.18. The van der Waals surface area contributed by atoms with Crippen molar-refractivity contribution in [3.05, 3.63) is 59.4 Å². The van der Waals surface area contributed by atoms with Gasteiger partial charge < -0.3 is 0 Å². The fourth-order valence-corrected chi connectivity index (χ4v) is 1.73. The highest BCUT2D eigenvalue weighted by Crippen LogP contribution is 2.36. The first kappa shape index (κ1) is 15.0. The normalized spacial score (nSPS) is 12.9. The van der Waals surface area contributed by atoms with Gasteiger partial charge in [-0.3, -0.25) is 0 Å². The van der Waals surface area contributed by atoms with Crippen LogP contribution in [0.1, 0.15) is 20.8 Å². The van der Waals surface area contributed by atoms with Crippen LogP contribution in [0.3, 0.4) is 0 Å². The van der Waals surface area contributed by atoms with E-state index < -0.39 is 5.67 Å². The van der Waals surface area contributed by atoms with E-state index in [0.717, 1.165) is 9.81 Å². The Morgan fingerprint density at radius 3 is 2.25 bits per heavy atom. The molecule has 0 radical (unpaired) electrons. The van der Waals surface area contributed by atoms with Gasteiger partial charge in [0.15, 0.2) is 0 Å². The lowest BCUT2D eigenvalue weighted by Gasteiger charge is -2.20. The van der Waals surface area contributed by atoms with E-state index in [4.69, 9.17) is 0 Å². The van der Waals surface area contributed by atoms with Crippen LogP contribution in [0.4, 0.5) is 4.39 Å². The third-order valence-electron chi connectivity index (χ3n) is 1.92. The molecule has 0 aromatic heterocycles.